The van der Waals surface area contributed by atoms with Crippen molar-refractivity contribution in [3.8, 4) is 0 Å². The molecule has 1 aliphatic rings. The molecule has 0 saturated carbocycles. The van der Waals surface area contributed by atoms with Crippen LogP contribution in [0.4, 0.5) is 0 Å². The first-order chi connectivity index (χ1) is 11.0. The summed E-state index contributed by atoms with van der Waals surface area (Å²) in [6.07, 6.45) is 7.59. The van der Waals surface area contributed by atoms with Crippen LogP contribution in [-0.4, -0.2) is 53.1 Å². The summed E-state index contributed by atoms with van der Waals surface area (Å²) in [5.41, 5.74) is 0.989. The zero-order valence-corrected chi connectivity index (χ0v) is 14.0. The maximum absolute atomic E-state index is 12.9. The highest BCUT2D eigenvalue weighted by Crippen LogP contribution is 2.29. The van der Waals surface area contributed by atoms with Gasteiger partial charge < -0.3 is 9.30 Å². The molecule has 2 aromatic heterocycles. The topological polar surface area (TPSA) is 77.3 Å². The summed E-state index contributed by atoms with van der Waals surface area (Å²) in [4.78, 5) is 8.11. The van der Waals surface area contributed by atoms with Crippen LogP contribution in [0.15, 0.2) is 42.1 Å². The van der Waals surface area contributed by atoms with Crippen LogP contribution in [0.25, 0.3) is 0 Å². The molecule has 0 spiro atoms. The standard InChI is InChI=1S/C15H20N4O3S/c1-18-10-15(17-11-18)23(20,21)19-7-5-14(22-2)13(19)8-12-4-3-6-16-9-12/h3-4,6,9-11,13-14H,5,7-8H2,1-2H3/t13-,14+/m0/s1. The van der Waals surface area contributed by atoms with Crippen LogP contribution in [0.2, 0.25) is 0 Å². The molecule has 3 heterocycles. The van der Waals surface area contributed by atoms with E-state index in [4.69, 9.17) is 4.74 Å². The summed E-state index contributed by atoms with van der Waals surface area (Å²) in [6.45, 7) is 0.433. The number of aromatic nitrogens is 3. The number of aryl methyl sites for hydroxylation is 1. The van der Waals surface area contributed by atoms with Crippen LogP contribution in [0.1, 0.15) is 12.0 Å². The Morgan fingerprint density at radius 3 is 2.87 bits per heavy atom. The van der Waals surface area contributed by atoms with E-state index in [0.29, 0.717) is 19.4 Å². The molecule has 7 nitrogen and oxygen atoms in total. The molecule has 23 heavy (non-hydrogen) atoms. The molecule has 1 aliphatic heterocycles. The van der Waals surface area contributed by atoms with Gasteiger partial charge >= 0.3 is 0 Å². The van der Waals surface area contributed by atoms with E-state index in [1.807, 2.05) is 12.1 Å². The molecule has 0 aromatic carbocycles. The van der Waals surface area contributed by atoms with Gasteiger partial charge in [0.2, 0.25) is 0 Å². The number of sulfonamides is 1. The normalized spacial score (nSPS) is 22.5. The van der Waals surface area contributed by atoms with Crippen LogP contribution < -0.4 is 0 Å². The Labute approximate surface area is 136 Å². The molecule has 2 aromatic rings. The Morgan fingerprint density at radius 2 is 2.26 bits per heavy atom. The highest BCUT2D eigenvalue weighted by Gasteiger charge is 2.42. The molecule has 2 atom stereocenters. The lowest BCUT2D eigenvalue weighted by Gasteiger charge is -2.26. The molecule has 0 aliphatic carbocycles. The van der Waals surface area contributed by atoms with E-state index in [1.54, 1.807) is 31.1 Å². The molecule has 0 N–H and O–H groups in total. The fourth-order valence-electron chi connectivity index (χ4n) is 3.01. The van der Waals surface area contributed by atoms with Crippen LogP contribution in [-0.2, 0) is 28.2 Å². The maximum Gasteiger partial charge on any atom is 0.262 e. The van der Waals surface area contributed by atoms with Crippen LogP contribution >= 0.6 is 0 Å². The number of hydrogen-bond donors (Lipinski definition) is 0. The largest absolute Gasteiger partial charge is 0.380 e. The van der Waals surface area contributed by atoms with Gasteiger partial charge in [-0.15, -0.1) is 0 Å². The van der Waals surface area contributed by atoms with Crippen molar-refractivity contribution < 1.29 is 13.2 Å². The molecule has 0 bridgehead atoms. The third kappa shape index (κ3) is 3.15. The zero-order valence-electron chi connectivity index (χ0n) is 13.2. The van der Waals surface area contributed by atoms with Gasteiger partial charge in [0.15, 0.2) is 5.03 Å². The highest BCUT2D eigenvalue weighted by atomic mass is 32.2. The van der Waals surface area contributed by atoms with Gasteiger partial charge in [-0.05, 0) is 24.5 Å². The quantitative estimate of drug-likeness (QED) is 0.808. The van der Waals surface area contributed by atoms with E-state index in [1.165, 1.54) is 16.8 Å². The van der Waals surface area contributed by atoms with E-state index in [-0.39, 0.29) is 17.2 Å². The molecule has 1 fully saturated rings. The average Bonchev–Trinajstić information content (AvgIpc) is 3.15. The number of pyridine rings is 1. The Morgan fingerprint density at radius 1 is 1.43 bits per heavy atom. The van der Waals surface area contributed by atoms with Gasteiger partial charge in [-0.2, -0.15) is 4.31 Å². The second-order valence-corrected chi connectivity index (χ2v) is 7.53. The second kappa shape index (κ2) is 6.38. The third-order valence-corrected chi connectivity index (χ3v) is 5.97. The number of ether oxygens (including phenoxy) is 1. The number of methoxy groups -OCH3 is 1. The van der Waals surface area contributed by atoms with Crippen molar-refractivity contribution in [2.45, 2.75) is 30.0 Å². The van der Waals surface area contributed by atoms with Crippen LogP contribution in [0.5, 0.6) is 0 Å². The SMILES string of the molecule is CO[C@@H]1CCN(S(=O)(=O)c2cn(C)cn2)[C@H]1Cc1cccnc1. The lowest BCUT2D eigenvalue weighted by molar-refractivity contribution is 0.0809. The number of rotatable bonds is 5. The minimum Gasteiger partial charge on any atom is -0.380 e. The van der Waals surface area contributed by atoms with E-state index >= 15 is 0 Å². The minimum atomic E-state index is -3.63. The van der Waals surface area contributed by atoms with Gasteiger partial charge in [0, 0.05) is 39.3 Å². The maximum atomic E-state index is 12.9. The molecule has 124 valence electrons. The van der Waals surface area contributed by atoms with Gasteiger partial charge in [0.05, 0.1) is 18.5 Å². The number of imidazole rings is 1. The van der Waals surface area contributed by atoms with E-state index < -0.39 is 10.0 Å². The monoisotopic (exact) mass is 336 g/mol. The summed E-state index contributed by atoms with van der Waals surface area (Å²) >= 11 is 0. The first-order valence-electron chi connectivity index (χ1n) is 7.44. The minimum absolute atomic E-state index is 0.0768. The van der Waals surface area contributed by atoms with Gasteiger partial charge in [-0.1, -0.05) is 6.07 Å². The molecular weight excluding hydrogens is 316 g/mol. The lowest BCUT2D eigenvalue weighted by atomic mass is 10.0. The second-order valence-electron chi connectivity index (χ2n) is 5.69. The van der Waals surface area contributed by atoms with E-state index in [0.717, 1.165) is 5.56 Å². The Kier molecular flexibility index (Phi) is 4.47. The Balaban J connectivity index is 1.90. The molecule has 0 radical (unpaired) electrons. The molecule has 0 unspecified atom stereocenters. The third-order valence-electron chi connectivity index (χ3n) is 4.16. The van der Waals surface area contributed by atoms with Gasteiger partial charge in [0.1, 0.15) is 0 Å². The van der Waals surface area contributed by atoms with Crippen molar-refractivity contribution in [1.29, 1.82) is 0 Å². The van der Waals surface area contributed by atoms with Crippen LogP contribution in [0, 0.1) is 0 Å². The molecule has 1 saturated heterocycles. The fourth-order valence-corrected chi connectivity index (χ4v) is 4.64. The van der Waals surface area contributed by atoms with Crippen molar-refractivity contribution >= 4 is 10.0 Å². The average molecular weight is 336 g/mol. The number of nitrogens with zero attached hydrogens (tertiary/aromatic N) is 4. The first kappa shape index (κ1) is 16.1. The molecule has 0 amide bonds. The number of hydrogen-bond acceptors (Lipinski definition) is 5. The van der Waals surface area contributed by atoms with E-state index in [2.05, 4.69) is 9.97 Å². The van der Waals surface area contributed by atoms with Gasteiger partial charge in [0.25, 0.3) is 10.0 Å². The van der Waals surface area contributed by atoms with Crippen molar-refractivity contribution in [2.24, 2.45) is 7.05 Å². The van der Waals surface area contributed by atoms with Crippen molar-refractivity contribution in [2.75, 3.05) is 13.7 Å². The predicted octanol–water partition coefficient (Wildman–Crippen LogP) is 0.836. The zero-order chi connectivity index (χ0) is 16.4. The smallest absolute Gasteiger partial charge is 0.262 e. The van der Waals surface area contributed by atoms with Crippen molar-refractivity contribution in [3.63, 3.8) is 0 Å². The summed E-state index contributed by atoms with van der Waals surface area (Å²) in [5.74, 6) is 0. The molecule has 8 heteroatoms. The summed E-state index contributed by atoms with van der Waals surface area (Å²) in [7, 11) is -0.255. The van der Waals surface area contributed by atoms with Gasteiger partial charge in [-0.3, -0.25) is 4.98 Å². The molecular formula is C15H20N4O3S. The summed E-state index contributed by atoms with van der Waals surface area (Å²) in [6, 6.07) is 3.55. The van der Waals surface area contributed by atoms with Crippen LogP contribution in [0.3, 0.4) is 0 Å². The Bertz CT molecular complexity index is 760. The van der Waals surface area contributed by atoms with Crippen molar-refractivity contribution in [1.82, 2.24) is 18.8 Å². The summed E-state index contributed by atoms with van der Waals surface area (Å²) < 4.78 is 34.4. The predicted molar refractivity (Wildman–Crippen MR) is 84.2 cm³/mol. The van der Waals surface area contributed by atoms with E-state index in [9.17, 15) is 8.42 Å². The lowest BCUT2D eigenvalue weighted by Crippen LogP contribution is -2.41. The van der Waals surface area contributed by atoms with Gasteiger partial charge in [-0.25, -0.2) is 13.4 Å². The first-order valence-corrected chi connectivity index (χ1v) is 8.88. The fraction of sp³-hybridized carbons (Fsp3) is 0.467. The van der Waals surface area contributed by atoms with Crippen molar-refractivity contribution in [3.05, 3.63) is 42.6 Å². The highest BCUT2D eigenvalue weighted by molar-refractivity contribution is 7.89. The summed E-state index contributed by atoms with van der Waals surface area (Å²) in [5, 5.41) is 0.0768. The molecule has 3 rings (SSSR count). The Hall–Kier alpha value is -1.77.